The van der Waals surface area contributed by atoms with Gasteiger partial charge in [0.2, 0.25) is 0 Å². The summed E-state index contributed by atoms with van der Waals surface area (Å²) < 4.78 is 0. The number of nitrogens with two attached hydrogens (primary N) is 1. The minimum absolute atomic E-state index is 0.240. The summed E-state index contributed by atoms with van der Waals surface area (Å²) in [4.78, 5) is 23.0. The summed E-state index contributed by atoms with van der Waals surface area (Å²) in [6, 6.07) is 0.591. The van der Waals surface area contributed by atoms with E-state index in [1.165, 1.54) is 25.7 Å². The van der Waals surface area contributed by atoms with Gasteiger partial charge >= 0.3 is 0 Å². The molecule has 0 radical (unpaired) electrons. The van der Waals surface area contributed by atoms with Crippen LogP contribution in [0.15, 0.2) is 11.1 Å². The van der Waals surface area contributed by atoms with E-state index in [4.69, 9.17) is 5.73 Å². The lowest BCUT2D eigenvalue weighted by Gasteiger charge is -2.26. The maximum Gasteiger partial charge on any atom is 0.276 e. The summed E-state index contributed by atoms with van der Waals surface area (Å²) in [5.41, 5.74) is 5.84. The third kappa shape index (κ3) is 1.96. The second-order valence-electron chi connectivity index (χ2n) is 5.10. The standard InChI is InChI=1S/C12H19N5O/c13-10-11(14-8-15-12(10)18)17-6-2-5-16-4-1-3-9(16)7-17/h8-9H,1-7,13H2,(H,14,15,18). The summed E-state index contributed by atoms with van der Waals surface area (Å²) in [6.45, 7) is 4.20. The Morgan fingerprint density at radius 2 is 2.17 bits per heavy atom. The quantitative estimate of drug-likeness (QED) is 0.734. The number of nitrogen functional groups attached to an aromatic ring is 1. The number of aromatic amines is 1. The lowest BCUT2D eigenvalue weighted by molar-refractivity contribution is 0.273. The number of H-pyrrole nitrogens is 1. The largest absolute Gasteiger partial charge is 0.391 e. The Hall–Kier alpha value is -1.56. The first-order valence-corrected chi connectivity index (χ1v) is 6.58. The smallest absolute Gasteiger partial charge is 0.276 e. The lowest BCUT2D eigenvalue weighted by Crippen LogP contribution is -2.37. The third-order valence-electron chi connectivity index (χ3n) is 3.97. The molecular formula is C12H19N5O. The molecule has 1 unspecified atom stereocenters. The first-order chi connectivity index (χ1) is 8.75. The van der Waals surface area contributed by atoms with Gasteiger partial charge in [-0.05, 0) is 25.8 Å². The van der Waals surface area contributed by atoms with Gasteiger partial charge in [0.1, 0.15) is 5.69 Å². The Bertz CT molecular complexity index is 486. The molecule has 0 spiro atoms. The highest BCUT2D eigenvalue weighted by Gasteiger charge is 2.29. The summed E-state index contributed by atoms with van der Waals surface area (Å²) in [5, 5.41) is 0. The Morgan fingerprint density at radius 3 is 3.06 bits per heavy atom. The molecular weight excluding hydrogens is 230 g/mol. The van der Waals surface area contributed by atoms with Gasteiger partial charge in [-0.3, -0.25) is 9.69 Å². The molecule has 3 heterocycles. The number of aromatic nitrogens is 2. The molecule has 0 amide bonds. The van der Waals surface area contributed by atoms with E-state index < -0.39 is 0 Å². The average molecular weight is 249 g/mol. The monoisotopic (exact) mass is 249 g/mol. The second kappa shape index (κ2) is 4.61. The van der Waals surface area contributed by atoms with Crippen molar-refractivity contribution in [2.75, 3.05) is 36.8 Å². The first-order valence-electron chi connectivity index (χ1n) is 6.58. The summed E-state index contributed by atoms with van der Waals surface area (Å²) >= 11 is 0. The maximum absolute atomic E-state index is 11.5. The van der Waals surface area contributed by atoms with Crippen molar-refractivity contribution >= 4 is 11.5 Å². The zero-order valence-corrected chi connectivity index (χ0v) is 10.4. The van der Waals surface area contributed by atoms with Crippen LogP contribution in [0.5, 0.6) is 0 Å². The van der Waals surface area contributed by atoms with Crippen LogP contribution < -0.4 is 16.2 Å². The molecule has 0 bridgehead atoms. The van der Waals surface area contributed by atoms with Crippen molar-refractivity contribution in [3.8, 4) is 0 Å². The van der Waals surface area contributed by atoms with E-state index in [1.807, 2.05) is 0 Å². The molecule has 98 valence electrons. The van der Waals surface area contributed by atoms with Gasteiger partial charge in [0.25, 0.3) is 5.56 Å². The zero-order chi connectivity index (χ0) is 12.5. The van der Waals surface area contributed by atoms with E-state index in [0.29, 0.717) is 11.9 Å². The molecule has 1 aromatic rings. The SMILES string of the molecule is Nc1c(N2CCCN3CCCC3C2)nc[nH]c1=O. The Kier molecular flexibility index (Phi) is 2.95. The molecule has 0 aliphatic carbocycles. The summed E-state index contributed by atoms with van der Waals surface area (Å²) in [7, 11) is 0. The van der Waals surface area contributed by atoms with Crippen LogP contribution in [-0.4, -0.2) is 47.1 Å². The molecule has 2 aliphatic rings. The van der Waals surface area contributed by atoms with Crippen molar-refractivity contribution in [2.24, 2.45) is 0 Å². The van der Waals surface area contributed by atoms with E-state index in [2.05, 4.69) is 19.8 Å². The van der Waals surface area contributed by atoms with Crippen molar-refractivity contribution in [1.29, 1.82) is 0 Å². The number of rotatable bonds is 1. The molecule has 2 fully saturated rings. The van der Waals surface area contributed by atoms with Gasteiger partial charge < -0.3 is 15.6 Å². The molecule has 1 aromatic heterocycles. The van der Waals surface area contributed by atoms with E-state index in [1.54, 1.807) is 0 Å². The number of nitrogens with one attached hydrogen (secondary N) is 1. The van der Waals surface area contributed by atoms with Crippen molar-refractivity contribution < 1.29 is 0 Å². The van der Waals surface area contributed by atoms with Crippen LogP contribution in [0, 0.1) is 0 Å². The molecule has 0 aromatic carbocycles. The van der Waals surface area contributed by atoms with E-state index in [9.17, 15) is 4.79 Å². The van der Waals surface area contributed by atoms with Crippen LogP contribution >= 0.6 is 0 Å². The van der Waals surface area contributed by atoms with Gasteiger partial charge in [-0.15, -0.1) is 0 Å². The van der Waals surface area contributed by atoms with E-state index >= 15 is 0 Å². The molecule has 3 rings (SSSR count). The number of nitrogens with zero attached hydrogens (tertiary/aromatic N) is 3. The van der Waals surface area contributed by atoms with E-state index in [0.717, 1.165) is 26.1 Å². The van der Waals surface area contributed by atoms with Gasteiger partial charge in [-0.25, -0.2) is 4.98 Å². The Morgan fingerprint density at radius 1 is 1.33 bits per heavy atom. The number of anilines is 2. The molecule has 6 heteroatoms. The minimum Gasteiger partial charge on any atom is -0.391 e. The number of hydrogen-bond donors (Lipinski definition) is 2. The number of fused-ring (bicyclic) bond motifs is 1. The summed E-state index contributed by atoms with van der Waals surface area (Å²) in [6.07, 6.45) is 5.05. The molecule has 2 aliphatic heterocycles. The van der Waals surface area contributed by atoms with Crippen molar-refractivity contribution in [3.63, 3.8) is 0 Å². The van der Waals surface area contributed by atoms with Crippen LogP contribution in [0.25, 0.3) is 0 Å². The number of hydrogen-bond acceptors (Lipinski definition) is 5. The lowest BCUT2D eigenvalue weighted by atomic mass is 10.2. The minimum atomic E-state index is -0.243. The van der Waals surface area contributed by atoms with Crippen LogP contribution in [0.4, 0.5) is 11.5 Å². The predicted molar refractivity (Wildman–Crippen MR) is 70.7 cm³/mol. The highest BCUT2D eigenvalue weighted by Crippen LogP contribution is 2.25. The van der Waals surface area contributed by atoms with Crippen LogP contribution in [-0.2, 0) is 0 Å². The maximum atomic E-state index is 11.5. The van der Waals surface area contributed by atoms with E-state index in [-0.39, 0.29) is 11.2 Å². The van der Waals surface area contributed by atoms with Gasteiger partial charge in [0.15, 0.2) is 5.82 Å². The van der Waals surface area contributed by atoms with Gasteiger partial charge in [-0.1, -0.05) is 0 Å². The van der Waals surface area contributed by atoms with Crippen molar-refractivity contribution in [2.45, 2.75) is 25.3 Å². The van der Waals surface area contributed by atoms with Crippen LogP contribution in [0.1, 0.15) is 19.3 Å². The third-order valence-corrected chi connectivity index (χ3v) is 3.97. The highest BCUT2D eigenvalue weighted by molar-refractivity contribution is 5.61. The molecule has 1 atom stereocenters. The van der Waals surface area contributed by atoms with Crippen LogP contribution in [0.2, 0.25) is 0 Å². The normalized spacial score (nSPS) is 24.9. The topological polar surface area (TPSA) is 78.2 Å². The predicted octanol–water partition coefficient (Wildman–Crippen LogP) is 0.0266. The van der Waals surface area contributed by atoms with Crippen molar-refractivity contribution in [3.05, 3.63) is 16.7 Å². The Labute approximate surface area is 106 Å². The van der Waals surface area contributed by atoms with Gasteiger partial charge in [0.05, 0.1) is 6.33 Å². The molecule has 3 N–H and O–H groups in total. The van der Waals surface area contributed by atoms with Crippen LogP contribution in [0.3, 0.4) is 0 Å². The molecule has 2 saturated heterocycles. The van der Waals surface area contributed by atoms with Crippen molar-refractivity contribution in [1.82, 2.24) is 14.9 Å². The average Bonchev–Trinajstić information content (AvgIpc) is 2.70. The summed E-state index contributed by atoms with van der Waals surface area (Å²) in [5.74, 6) is 0.646. The Balaban J connectivity index is 1.87. The highest BCUT2D eigenvalue weighted by atomic mass is 16.1. The first kappa shape index (κ1) is 11.5. The fourth-order valence-corrected chi connectivity index (χ4v) is 3.05. The molecule has 0 saturated carbocycles. The van der Waals surface area contributed by atoms with Gasteiger partial charge in [-0.2, -0.15) is 0 Å². The second-order valence-corrected chi connectivity index (χ2v) is 5.10. The zero-order valence-electron chi connectivity index (χ0n) is 10.4. The molecule has 6 nitrogen and oxygen atoms in total. The fourth-order valence-electron chi connectivity index (χ4n) is 3.05. The molecule has 18 heavy (non-hydrogen) atoms. The van der Waals surface area contributed by atoms with Gasteiger partial charge in [0, 0.05) is 25.7 Å². The fraction of sp³-hybridized carbons (Fsp3) is 0.667.